The van der Waals surface area contributed by atoms with Gasteiger partial charge < -0.3 is 10.2 Å². The minimum atomic E-state index is -1.64. The van der Waals surface area contributed by atoms with Crippen molar-refractivity contribution in [1.82, 2.24) is 4.90 Å². The standard InChI is InChI=1S/C5H7N3O2/c9-5(10)3-8(5)4-1-2-6-7-4/h1-2,4,9-10H,3H2. The van der Waals surface area contributed by atoms with Gasteiger partial charge in [-0.15, -0.1) is 0 Å². The van der Waals surface area contributed by atoms with Gasteiger partial charge in [-0.2, -0.15) is 10.2 Å². The van der Waals surface area contributed by atoms with E-state index in [1.54, 1.807) is 12.3 Å². The van der Waals surface area contributed by atoms with Gasteiger partial charge in [0.15, 0.2) is 0 Å². The van der Waals surface area contributed by atoms with E-state index in [9.17, 15) is 0 Å². The molecule has 0 aromatic carbocycles. The van der Waals surface area contributed by atoms with Gasteiger partial charge in [0.05, 0.1) is 6.54 Å². The molecule has 2 aliphatic heterocycles. The molecular formula is C5H7N3O2. The van der Waals surface area contributed by atoms with Crippen LogP contribution in [0.2, 0.25) is 0 Å². The molecule has 0 radical (unpaired) electrons. The molecular weight excluding hydrogens is 134 g/mol. The number of β-amino-alcohol motifs (C(OH)–C–C–N with tert-alkyl or cyclic N) is 2. The predicted molar refractivity (Wildman–Crippen MR) is 31.7 cm³/mol. The van der Waals surface area contributed by atoms with Crippen molar-refractivity contribution < 1.29 is 10.2 Å². The summed E-state index contributed by atoms with van der Waals surface area (Å²) in [6.45, 7) is 0.251. The number of hydrogen-bond acceptors (Lipinski definition) is 5. The first-order valence-corrected chi connectivity index (χ1v) is 2.98. The first kappa shape index (κ1) is 5.96. The van der Waals surface area contributed by atoms with Gasteiger partial charge in [-0.1, -0.05) is 0 Å². The third-order valence-corrected chi connectivity index (χ3v) is 1.57. The van der Waals surface area contributed by atoms with E-state index in [4.69, 9.17) is 10.2 Å². The van der Waals surface area contributed by atoms with Gasteiger partial charge in [-0.05, 0) is 6.08 Å². The largest absolute Gasteiger partial charge is 0.352 e. The molecule has 0 saturated carbocycles. The molecule has 2 rings (SSSR count). The van der Waals surface area contributed by atoms with Crippen LogP contribution in [-0.2, 0) is 0 Å². The SMILES string of the molecule is OC1(O)CN1C1C=CN=N1. The maximum atomic E-state index is 8.90. The van der Waals surface area contributed by atoms with Crippen LogP contribution in [0, 0.1) is 0 Å². The lowest BCUT2D eigenvalue weighted by Crippen LogP contribution is -2.22. The van der Waals surface area contributed by atoms with Crippen LogP contribution in [0.4, 0.5) is 0 Å². The number of rotatable bonds is 1. The predicted octanol–water partition coefficient (Wildman–Crippen LogP) is -0.754. The molecule has 1 fully saturated rings. The van der Waals surface area contributed by atoms with Gasteiger partial charge in [0.1, 0.15) is 6.17 Å². The summed E-state index contributed by atoms with van der Waals surface area (Å²) in [5, 5.41) is 25.1. The quantitative estimate of drug-likeness (QED) is 0.373. The maximum Gasteiger partial charge on any atom is 0.240 e. The van der Waals surface area contributed by atoms with E-state index >= 15 is 0 Å². The van der Waals surface area contributed by atoms with Crippen LogP contribution >= 0.6 is 0 Å². The van der Waals surface area contributed by atoms with Crippen LogP contribution in [0.25, 0.3) is 0 Å². The molecule has 2 unspecified atom stereocenters. The molecule has 0 aromatic rings. The summed E-state index contributed by atoms with van der Waals surface area (Å²) >= 11 is 0. The normalized spacial score (nSPS) is 40.6. The molecule has 0 aliphatic carbocycles. The lowest BCUT2D eigenvalue weighted by Gasteiger charge is -2.05. The van der Waals surface area contributed by atoms with Crippen LogP contribution < -0.4 is 0 Å². The van der Waals surface area contributed by atoms with Crippen LogP contribution in [0.1, 0.15) is 0 Å². The van der Waals surface area contributed by atoms with E-state index < -0.39 is 5.91 Å². The molecule has 0 aromatic heterocycles. The van der Waals surface area contributed by atoms with Crippen molar-refractivity contribution in [2.75, 3.05) is 6.54 Å². The second-order valence-electron chi connectivity index (χ2n) is 2.39. The highest BCUT2D eigenvalue weighted by Crippen LogP contribution is 2.31. The van der Waals surface area contributed by atoms with Gasteiger partial charge in [-0.3, -0.25) is 0 Å². The van der Waals surface area contributed by atoms with Gasteiger partial charge in [-0.25, -0.2) is 4.90 Å². The summed E-state index contributed by atoms with van der Waals surface area (Å²) in [7, 11) is 0. The number of aliphatic hydroxyl groups is 2. The molecule has 0 amide bonds. The van der Waals surface area contributed by atoms with Crippen molar-refractivity contribution in [3.05, 3.63) is 12.3 Å². The second kappa shape index (κ2) is 1.63. The average molecular weight is 141 g/mol. The molecule has 5 nitrogen and oxygen atoms in total. The number of nitrogens with zero attached hydrogens (tertiary/aromatic N) is 3. The molecule has 10 heavy (non-hydrogen) atoms. The molecule has 1 saturated heterocycles. The fourth-order valence-corrected chi connectivity index (χ4v) is 0.926. The molecule has 2 aliphatic rings. The Morgan fingerprint density at radius 1 is 1.60 bits per heavy atom. The Morgan fingerprint density at radius 2 is 2.30 bits per heavy atom. The third-order valence-electron chi connectivity index (χ3n) is 1.57. The molecule has 2 atom stereocenters. The summed E-state index contributed by atoms with van der Waals surface area (Å²) < 4.78 is 0. The third kappa shape index (κ3) is 0.756. The minimum absolute atomic E-state index is 0.251. The monoisotopic (exact) mass is 141 g/mol. The van der Waals surface area contributed by atoms with Gasteiger partial charge in [0.2, 0.25) is 5.91 Å². The van der Waals surface area contributed by atoms with Crippen molar-refractivity contribution in [2.24, 2.45) is 10.2 Å². The fraction of sp³-hybridized carbons (Fsp3) is 0.600. The van der Waals surface area contributed by atoms with Crippen molar-refractivity contribution in [2.45, 2.75) is 12.1 Å². The van der Waals surface area contributed by atoms with Crippen LogP contribution in [-0.4, -0.2) is 33.7 Å². The van der Waals surface area contributed by atoms with Gasteiger partial charge >= 0.3 is 0 Å². The summed E-state index contributed by atoms with van der Waals surface area (Å²) in [5.41, 5.74) is 0. The van der Waals surface area contributed by atoms with Crippen molar-refractivity contribution in [1.29, 1.82) is 0 Å². The van der Waals surface area contributed by atoms with Crippen LogP contribution in [0.5, 0.6) is 0 Å². The van der Waals surface area contributed by atoms with Crippen LogP contribution in [0.3, 0.4) is 0 Å². The lowest BCUT2D eigenvalue weighted by molar-refractivity contribution is -0.115. The summed E-state index contributed by atoms with van der Waals surface area (Å²) in [4.78, 5) is 1.42. The van der Waals surface area contributed by atoms with E-state index in [1.807, 2.05) is 0 Å². The van der Waals surface area contributed by atoms with Crippen LogP contribution in [0.15, 0.2) is 22.5 Å². The van der Waals surface area contributed by atoms with Crippen molar-refractivity contribution in [3.8, 4) is 0 Å². The van der Waals surface area contributed by atoms with E-state index in [-0.39, 0.29) is 12.7 Å². The highest BCUT2D eigenvalue weighted by atomic mass is 16.6. The lowest BCUT2D eigenvalue weighted by atomic mass is 10.5. The van der Waals surface area contributed by atoms with Gasteiger partial charge in [0, 0.05) is 6.20 Å². The molecule has 0 spiro atoms. The number of hydrogen-bond donors (Lipinski definition) is 2. The molecule has 2 heterocycles. The Labute approximate surface area is 57.3 Å². The Kier molecular flexibility index (Phi) is 0.971. The van der Waals surface area contributed by atoms with E-state index in [0.29, 0.717) is 0 Å². The zero-order valence-electron chi connectivity index (χ0n) is 5.18. The summed E-state index contributed by atoms with van der Waals surface area (Å²) in [5.74, 6) is -1.64. The highest BCUT2D eigenvalue weighted by Gasteiger charge is 2.53. The van der Waals surface area contributed by atoms with E-state index in [0.717, 1.165) is 0 Å². The first-order chi connectivity index (χ1) is 4.70. The Hall–Kier alpha value is -0.780. The van der Waals surface area contributed by atoms with Crippen molar-refractivity contribution >= 4 is 0 Å². The first-order valence-electron chi connectivity index (χ1n) is 2.98. The topological polar surface area (TPSA) is 68.2 Å². The average Bonchev–Trinajstić information content (AvgIpc) is 2.31. The maximum absolute atomic E-state index is 8.90. The smallest absolute Gasteiger partial charge is 0.240 e. The van der Waals surface area contributed by atoms with Gasteiger partial charge in [0.25, 0.3) is 0 Å². The van der Waals surface area contributed by atoms with E-state index in [2.05, 4.69) is 10.2 Å². The molecule has 5 heteroatoms. The molecule has 0 bridgehead atoms. The zero-order chi connectivity index (χ0) is 7.19. The second-order valence-corrected chi connectivity index (χ2v) is 2.39. The van der Waals surface area contributed by atoms with Crippen molar-refractivity contribution in [3.63, 3.8) is 0 Å². The zero-order valence-corrected chi connectivity index (χ0v) is 5.18. The summed E-state index contributed by atoms with van der Waals surface area (Å²) in [6.07, 6.45) is 2.97. The summed E-state index contributed by atoms with van der Waals surface area (Å²) in [6, 6.07) is 0. The molecule has 2 N–H and O–H groups in total. The Morgan fingerprint density at radius 3 is 2.70 bits per heavy atom. The molecule has 54 valence electrons. The number of azo groups is 1. The Balaban J connectivity index is 2.04. The Bertz CT molecular complexity index is 199. The fourth-order valence-electron chi connectivity index (χ4n) is 0.926. The highest BCUT2D eigenvalue weighted by molar-refractivity contribution is 5.04. The van der Waals surface area contributed by atoms with E-state index in [1.165, 1.54) is 4.90 Å². The minimum Gasteiger partial charge on any atom is -0.352 e.